The summed E-state index contributed by atoms with van der Waals surface area (Å²) in [4.78, 5) is 14.7. The molecule has 0 saturated carbocycles. The molecule has 1 fully saturated rings. The molecule has 22 heavy (non-hydrogen) atoms. The van der Waals surface area contributed by atoms with Crippen LogP contribution in [0.5, 0.6) is 0 Å². The second kappa shape index (κ2) is 5.41. The van der Waals surface area contributed by atoms with Crippen molar-refractivity contribution in [3.05, 3.63) is 26.6 Å². The summed E-state index contributed by atoms with van der Waals surface area (Å²) in [7, 11) is 0. The van der Waals surface area contributed by atoms with Crippen LogP contribution < -0.4 is 11.4 Å². The van der Waals surface area contributed by atoms with Crippen LogP contribution in [0.1, 0.15) is 6.23 Å². The zero-order valence-electron chi connectivity index (χ0n) is 11.0. The molecule has 3 rings (SSSR count). The van der Waals surface area contributed by atoms with Crippen molar-refractivity contribution < 1.29 is 20.1 Å². The number of aliphatic hydroxyl groups excluding tert-OH is 3. The van der Waals surface area contributed by atoms with Gasteiger partial charge < -0.3 is 30.8 Å². The Balaban J connectivity index is 2.20. The number of imidazole rings is 1. The fraction of sp³-hybridized carbons (Fsp3) is 0.417. The molecule has 1 aromatic carbocycles. The molecule has 6 N–H and O–H groups in total. The molecule has 4 atom stereocenters. The number of nitrogens with one attached hydrogen (secondary N) is 1. The summed E-state index contributed by atoms with van der Waals surface area (Å²) in [6, 6.07) is 1.40. The second-order valence-electron chi connectivity index (χ2n) is 5.01. The van der Waals surface area contributed by atoms with Gasteiger partial charge >= 0.3 is 5.69 Å². The van der Waals surface area contributed by atoms with Crippen LogP contribution in [0.25, 0.3) is 11.0 Å². The fourth-order valence-electron chi connectivity index (χ4n) is 2.58. The number of aromatic nitrogens is 2. The minimum Gasteiger partial charge on any atom is -0.396 e. The Morgan fingerprint density at radius 3 is 2.64 bits per heavy atom. The number of H-pyrrole nitrogens is 1. The molecular weight excluding hydrogens is 337 g/mol. The molecule has 1 aliphatic heterocycles. The number of fused-ring (bicyclic) bond motifs is 1. The third kappa shape index (κ3) is 2.11. The van der Waals surface area contributed by atoms with Crippen LogP contribution in [0.15, 0.2) is 10.9 Å². The number of aromatic amines is 1. The highest BCUT2D eigenvalue weighted by Crippen LogP contribution is 2.36. The van der Waals surface area contributed by atoms with Gasteiger partial charge in [0, 0.05) is 0 Å². The number of aliphatic hydroxyl groups is 3. The van der Waals surface area contributed by atoms with Crippen molar-refractivity contribution in [3.63, 3.8) is 0 Å². The van der Waals surface area contributed by atoms with E-state index < -0.39 is 36.8 Å². The number of nitrogens with zero attached hydrogens (tertiary/aromatic N) is 1. The molecule has 10 heteroatoms. The van der Waals surface area contributed by atoms with Crippen molar-refractivity contribution in [1.82, 2.24) is 9.55 Å². The first-order valence-corrected chi connectivity index (χ1v) is 7.12. The van der Waals surface area contributed by atoms with Gasteiger partial charge in [0.05, 0.1) is 33.4 Å². The summed E-state index contributed by atoms with van der Waals surface area (Å²) in [5, 5.41) is 29.2. The van der Waals surface area contributed by atoms with Gasteiger partial charge in [-0.2, -0.15) is 0 Å². The largest absolute Gasteiger partial charge is 0.396 e. The average molecular weight is 350 g/mol. The number of halogens is 2. The van der Waals surface area contributed by atoms with Crippen LogP contribution in [0, 0.1) is 0 Å². The molecule has 0 aliphatic carbocycles. The minimum atomic E-state index is -1.40. The highest BCUT2D eigenvalue weighted by Gasteiger charge is 2.44. The summed E-state index contributed by atoms with van der Waals surface area (Å²) >= 11 is 11.9. The Hall–Kier alpha value is -1.29. The predicted molar refractivity (Wildman–Crippen MR) is 80.0 cm³/mol. The highest BCUT2D eigenvalue weighted by molar-refractivity contribution is 6.44. The normalized spacial score (nSPS) is 28.6. The first-order chi connectivity index (χ1) is 10.4. The smallest absolute Gasteiger partial charge is 0.328 e. The number of rotatable bonds is 2. The summed E-state index contributed by atoms with van der Waals surface area (Å²) < 4.78 is 6.44. The highest BCUT2D eigenvalue weighted by atomic mass is 35.5. The maximum absolute atomic E-state index is 12.2. The van der Waals surface area contributed by atoms with E-state index in [2.05, 4.69) is 4.98 Å². The van der Waals surface area contributed by atoms with Gasteiger partial charge in [-0.05, 0) is 6.07 Å². The first kappa shape index (κ1) is 15.6. The van der Waals surface area contributed by atoms with Crippen LogP contribution in [0.4, 0.5) is 5.69 Å². The van der Waals surface area contributed by atoms with E-state index in [1.165, 1.54) is 6.07 Å². The van der Waals surface area contributed by atoms with Crippen molar-refractivity contribution in [3.8, 4) is 0 Å². The van der Waals surface area contributed by atoms with E-state index in [0.29, 0.717) is 0 Å². The fourth-order valence-corrected chi connectivity index (χ4v) is 2.93. The third-order valence-corrected chi connectivity index (χ3v) is 4.52. The molecule has 1 aliphatic rings. The topological polar surface area (TPSA) is 134 Å². The van der Waals surface area contributed by atoms with Crippen LogP contribution >= 0.6 is 23.2 Å². The maximum atomic E-state index is 12.2. The SMILES string of the molecule is Nc1c(Cl)c(Cl)cc2c1[nH]c(=O)n2C1O[C@H](CO)[C@@H](O)[C@H]1O. The maximum Gasteiger partial charge on any atom is 0.328 e. The first-order valence-electron chi connectivity index (χ1n) is 6.37. The Kier molecular flexibility index (Phi) is 3.84. The third-order valence-electron chi connectivity index (χ3n) is 3.72. The molecule has 2 aromatic rings. The van der Waals surface area contributed by atoms with E-state index in [0.717, 1.165) is 4.57 Å². The van der Waals surface area contributed by atoms with Gasteiger partial charge in [0.2, 0.25) is 0 Å². The lowest BCUT2D eigenvalue weighted by Gasteiger charge is -2.16. The summed E-state index contributed by atoms with van der Waals surface area (Å²) in [6.07, 6.45) is -4.92. The van der Waals surface area contributed by atoms with E-state index in [-0.39, 0.29) is 26.8 Å². The lowest BCUT2D eigenvalue weighted by molar-refractivity contribution is -0.0522. The summed E-state index contributed by atoms with van der Waals surface area (Å²) in [5.41, 5.74) is 5.81. The van der Waals surface area contributed by atoms with Crippen molar-refractivity contribution in [2.24, 2.45) is 0 Å². The lowest BCUT2D eigenvalue weighted by atomic mass is 10.1. The van der Waals surface area contributed by atoms with E-state index >= 15 is 0 Å². The van der Waals surface area contributed by atoms with Crippen molar-refractivity contribution >= 4 is 39.9 Å². The Bertz CT molecular complexity index is 789. The Morgan fingerprint density at radius 1 is 1.36 bits per heavy atom. The second-order valence-corrected chi connectivity index (χ2v) is 5.79. The standard InChI is InChI=1S/C12H13Cl2N3O5/c13-3-1-4-8(7(15)6(3)14)16-12(21)17(4)11-10(20)9(19)5(2-18)22-11/h1,5,9-11,18-20H,2,15H2,(H,16,21)/t5-,9-,10-,11?/m1/s1. The van der Waals surface area contributed by atoms with Gasteiger partial charge in [0.25, 0.3) is 0 Å². The van der Waals surface area contributed by atoms with Gasteiger partial charge in [-0.15, -0.1) is 0 Å². The average Bonchev–Trinajstić information content (AvgIpc) is 2.95. The molecule has 120 valence electrons. The minimum absolute atomic E-state index is 0.0896. The number of ether oxygens (including phenoxy) is 1. The number of benzene rings is 1. The van der Waals surface area contributed by atoms with Crippen molar-refractivity contribution in [2.75, 3.05) is 12.3 Å². The van der Waals surface area contributed by atoms with E-state index in [4.69, 9.17) is 38.8 Å². The lowest BCUT2D eigenvalue weighted by Crippen LogP contribution is -2.34. The van der Waals surface area contributed by atoms with Gasteiger partial charge in [-0.1, -0.05) is 23.2 Å². The van der Waals surface area contributed by atoms with Crippen molar-refractivity contribution in [2.45, 2.75) is 24.5 Å². The molecule has 0 amide bonds. The quantitative estimate of drug-likeness (QED) is 0.478. The Labute approximate surface area is 133 Å². The van der Waals surface area contributed by atoms with Crippen LogP contribution in [0.3, 0.4) is 0 Å². The molecule has 1 aromatic heterocycles. The molecule has 2 heterocycles. The van der Waals surface area contributed by atoms with E-state index in [1.807, 2.05) is 0 Å². The van der Waals surface area contributed by atoms with Crippen LogP contribution in [-0.4, -0.2) is 49.8 Å². The summed E-state index contributed by atoms with van der Waals surface area (Å²) in [5.74, 6) is 0. The molecular formula is C12H13Cl2N3O5. The van der Waals surface area contributed by atoms with Gasteiger partial charge in [-0.25, -0.2) is 4.79 Å². The Morgan fingerprint density at radius 2 is 2.05 bits per heavy atom. The zero-order valence-corrected chi connectivity index (χ0v) is 12.5. The monoisotopic (exact) mass is 349 g/mol. The van der Waals surface area contributed by atoms with Crippen LogP contribution in [0.2, 0.25) is 10.0 Å². The van der Waals surface area contributed by atoms with E-state index in [1.54, 1.807) is 0 Å². The van der Waals surface area contributed by atoms with Gasteiger partial charge in [0.1, 0.15) is 18.3 Å². The molecule has 1 unspecified atom stereocenters. The predicted octanol–water partition coefficient (Wildman–Crippen LogP) is -0.170. The number of anilines is 1. The summed E-state index contributed by atoms with van der Waals surface area (Å²) in [6.45, 7) is -0.499. The molecule has 0 radical (unpaired) electrons. The van der Waals surface area contributed by atoms with Gasteiger partial charge in [0.15, 0.2) is 6.23 Å². The number of nitrogens with two attached hydrogens (primary N) is 1. The number of nitrogen functional groups attached to an aromatic ring is 1. The number of hydrogen-bond acceptors (Lipinski definition) is 6. The van der Waals surface area contributed by atoms with Crippen LogP contribution in [-0.2, 0) is 4.74 Å². The van der Waals surface area contributed by atoms with E-state index in [9.17, 15) is 15.0 Å². The van der Waals surface area contributed by atoms with Crippen molar-refractivity contribution in [1.29, 1.82) is 0 Å². The molecule has 0 bridgehead atoms. The molecule has 1 saturated heterocycles. The van der Waals surface area contributed by atoms with Gasteiger partial charge in [-0.3, -0.25) is 4.57 Å². The molecule has 0 spiro atoms. The number of hydrogen-bond donors (Lipinski definition) is 5. The zero-order chi connectivity index (χ0) is 16.2. The molecule has 8 nitrogen and oxygen atoms in total.